The van der Waals surface area contributed by atoms with Gasteiger partial charge >= 0.3 is 0 Å². The first-order valence-electron chi connectivity index (χ1n) is 6.63. The largest absolute Gasteiger partial charge is 0.326 e. The molecule has 3 rings (SSSR count). The summed E-state index contributed by atoms with van der Waals surface area (Å²) in [5.74, 6) is -0.0923. The average molecular weight is 295 g/mol. The summed E-state index contributed by atoms with van der Waals surface area (Å²) in [7, 11) is -3.48. The maximum atomic E-state index is 12.6. The third kappa shape index (κ3) is 2.32. The molecule has 2 heterocycles. The molecule has 1 saturated heterocycles. The van der Waals surface area contributed by atoms with Crippen molar-refractivity contribution < 1.29 is 13.2 Å². The first-order chi connectivity index (χ1) is 9.46. The first-order valence-corrected chi connectivity index (χ1v) is 8.07. The molecular weight excluding hydrogens is 278 g/mol. The minimum atomic E-state index is -3.48. The number of piperazine rings is 1. The van der Waals surface area contributed by atoms with E-state index in [1.54, 1.807) is 18.2 Å². The number of anilines is 1. The molecule has 1 aromatic rings. The van der Waals surface area contributed by atoms with Crippen molar-refractivity contribution in [3.05, 3.63) is 23.8 Å². The van der Waals surface area contributed by atoms with Crippen LogP contribution in [0.2, 0.25) is 0 Å². The SMILES string of the molecule is C[C@H]1CN(S(=O)(=O)c2ccc3c(c2)CC(=O)N3)CCN1. The quantitative estimate of drug-likeness (QED) is 0.815. The van der Waals surface area contributed by atoms with E-state index >= 15 is 0 Å². The predicted molar refractivity (Wildman–Crippen MR) is 75.0 cm³/mol. The molecule has 108 valence electrons. The number of sulfonamides is 1. The maximum absolute atomic E-state index is 12.6. The van der Waals surface area contributed by atoms with E-state index < -0.39 is 10.0 Å². The Morgan fingerprint density at radius 1 is 1.35 bits per heavy atom. The topological polar surface area (TPSA) is 78.5 Å². The summed E-state index contributed by atoms with van der Waals surface area (Å²) in [6.45, 7) is 3.57. The molecule has 0 unspecified atom stereocenters. The van der Waals surface area contributed by atoms with Gasteiger partial charge in [0.05, 0.1) is 11.3 Å². The molecule has 0 bridgehead atoms. The predicted octanol–water partition coefficient (Wildman–Crippen LogP) is 0.164. The lowest BCUT2D eigenvalue weighted by Gasteiger charge is -2.31. The number of fused-ring (bicyclic) bond motifs is 1. The van der Waals surface area contributed by atoms with Crippen LogP contribution in [-0.2, 0) is 21.2 Å². The van der Waals surface area contributed by atoms with E-state index in [4.69, 9.17) is 0 Å². The molecule has 7 heteroatoms. The Morgan fingerprint density at radius 2 is 2.15 bits per heavy atom. The molecule has 6 nitrogen and oxygen atoms in total. The fraction of sp³-hybridized carbons (Fsp3) is 0.462. The molecule has 1 atom stereocenters. The second-order valence-corrected chi connectivity index (χ2v) is 7.20. The smallest absolute Gasteiger partial charge is 0.243 e. The molecule has 0 aromatic heterocycles. The summed E-state index contributed by atoms with van der Waals surface area (Å²) < 4.78 is 26.7. The van der Waals surface area contributed by atoms with Crippen molar-refractivity contribution in [2.45, 2.75) is 24.3 Å². The third-order valence-electron chi connectivity index (χ3n) is 3.67. The standard InChI is InChI=1S/C13H17N3O3S/c1-9-8-16(5-4-14-9)20(18,19)11-2-3-12-10(6-11)7-13(17)15-12/h2-3,6,9,14H,4-5,7-8H2,1H3,(H,15,17)/t9-/m0/s1. The van der Waals surface area contributed by atoms with Gasteiger partial charge in [0.1, 0.15) is 0 Å². The van der Waals surface area contributed by atoms with Crippen LogP contribution in [0.5, 0.6) is 0 Å². The Bertz CT molecular complexity index is 657. The lowest BCUT2D eigenvalue weighted by molar-refractivity contribution is -0.115. The van der Waals surface area contributed by atoms with Crippen molar-refractivity contribution in [1.29, 1.82) is 0 Å². The molecule has 1 aromatic carbocycles. The molecule has 0 saturated carbocycles. The summed E-state index contributed by atoms with van der Waals surface area (Å²) in [4.78, 5) is 11.6. The number of carbonyl (C=O) groups excluding carboxylic acids is 1. The second kappa shape index (κ2) is 4.83. The van der Waals surface area contributed by atoms with Gasteiger partial charge in [-0.15, -0.1) is 0 Å². The van der Waals surface area contributed by atoms with Crippen molar-refractivity contribution in [2.24, 2.45) is 0 Å². The van der Waals surface area contributed by atoms with Gasteiger partial charge in [0.25, 0.3) is 0 Å². The number of rotatable bonds is 2. The molecule has 2 aliphatic rings. The lowest BCUT2D eigenvalue weighted by atomic mass is 10.2. The van der Waals surface area contributed by atoms with Crippen molar-refractivity contribution in [3.63, 3.8) is 0 Å². The first kappa shape index (κ1) is 13.5. The van der Waals surface area contributed by atoms with Crippen LogP contribution >= 0.6 is 0 Å². The number of benzene rings is 1. The van der Waals surface area contributed by atoms with Crippen LogP contribution in [0, 0.1) is 0 Å². The zero-order chi connectivity index (χ0) is 14.3. The van der Waals surface area contributed by atoms with Crippen LogP contribution in [0.15, 0.2) is 23.1 Å². The van der Waals surface area contributed by atoms with E-state index in [9.17, 15) is 13.2 Å². The molecule has 0 aliphatic carbocycles. The Labute approximate surface area is 118 Å². The fourth-order valence-corrected chi connectivity index (χ4v) is 4.21. The van der Waals surface area contributed by atoms with Gasteiger partial charge in [0, 0.05) is 31.4 Å². The van der Waals surface area contributed by atoms with Gasteiger partial charge in [-0.2, -0.15) is 4.31 Å². The normalized spacial score (nSPS) is 23.4. The van der Waals surface area contributed by atoms with Crippen LogP contribution in [0.4, 0.5) is 5.69 Å². The molecule has 0 spiro atoms. The minimum Gasteiger partial charge on any atom is -0.326 e. The van der Waals surface area contributed by atoms with E-state index in [1.165, 1.54) is 4.31 Å². The highest BCUT2D eigenvalue weighted by Crippen LogP contribution is 2.27. The Hall–Kier alpha value is -1.44. The second-order valence-electron chi connectivity index (χ2n) is 5.26. The molecule has 1 fully saturated rings. The van der Waals surface area contributed by atoms with Gasteiger partial charge in [-0.1, -0.05) is 0 Å². The average Bonchev–Trinajstić information content (AvgIpc) is 2.77. The van der Waals surface area contributed by atoms with Crippen LogP contribution in [0.25, 0.3) is 0 Å². The van der Waals surface area contributed by atoms with Gasteiger partial charge in [-0.05, 0) is 30.7 Å². The van der Waals surface area contributed by atoms with E-state index in [1.807, 2.05) is 6.92 Å². The third-order valence-corrected chi connectivity index (χ3v) is 5.53. The van der Waals surface area contributed by atoms with Gasteiger partial charge in [0.2, 0.25) is 15.9 Å². The van der Waals surface area contributed by atoms with E-state index in [-0.39, 0.29) is 23.3 Å². The van der Waals surface area contributed by atoms with Gasteiger partial charge in [-0.25, -0.2) is 8.42 Å². The minimum absolute atomic E-state index is 0.0923. The highest BCUT2D eigenvalue weighted by atomic mass is 32.2. The summed E-state index contributed by atoms with van der Waals surface area (Å²) in [6, 6.07) is 4.98. The molecule has 2 aliphatic heterocycles. The highest BCUT2D eigenvalue weighted by Gasteiger charge is 2.29. The number of hydrogen-bond donors (Lipinski definition) is 2. The summed E-state index contributed by atoms with van der Waals surface area (Å²) in [5.41, 5.74) is 1.46. The van der Waals surface area contributed by atoms with Crippen molar-refractivity contribution in [2.75, 3.05) is 25.0 Å². The fourth-order valence-electron chi connectivity index (χ4n) is 2.63. The molecule has 1 amide bonds. The summed E-state index contributed by atoms with van der Waals surface area (Å²) in [6.07, 6.45) is 0.247. The zero-order valence-electron chi connectivity index (χ0n) is 11.2. The molecule has 0 radical (unpaired) electrons. The Morgan fingerprint density at radius 3 is 2.90 bits per heavy atom. The van der Waals surface area contributed by atoms with Crippen molar-refractivity contribution >= 4 is 21.6 Å². The van der Waals surface area contributed by atoms with E-state index in [2.05, 4.69) is 10.6 Å². The van der Waals surface area contributed by atoms with Crippen LogP contribution < -0.4 is 10.6 Å². The number of carbonyl (C=O) groups is 1. The van der Waals surface area contributed by atoms with Crippen LogP contribution in [0.1, 0.15) is 12.5 Å². The number of amides is 1. The monoisotopic (exact) mass is 295 g/mol. The van der Waals surface area contributed by atoms with E-state index in [0.717, 1.165) is 5.56 Å². The molecule has 20 heavy (non-hydrogen) atoms. The number of nitrogens with one attached hydrogen (secondary N) is 2. The van der Waals surface area contributed by atoms with Crippen LogP contribution in [0.3, 0.4) is 0 Å². The van der Waals surface area contributed by atoms with Gasteiger partial charge < -0.3 is 10.6 Å². The van der Waals surface area contributed by atoms with Crippen molar-refractivity contribution in [3.8, 4) is 0 Å². The Kier molecular flexibility index (Phi) is 3.27. The van der Waals surface area contributed by atoms with Gasteiger partial charge in [-0.3, -0.25) is 4.79 Å². The van der Waals surface area contributed by atoms with Gasteiger partial charge in [0.15, 0.2) is 0 Å². The number of nitrogens with zero attached hydrogens (tertiary/aromatic N) is 1. The highest BCUT2D eigenvalue weighted by molar-refractivity contribution is 7.89. The van der Waals surface area contributed by atoms with E-state index in [0.29, 0.717) is 25.3 Å². The molecule has 2 N–H and O–H groups in total. The molecular formula is C13H17N3O3S. The Balaban J connectivity index is 1.92. The lowest BCUT2D eigenvalue weighted by Crippen LogP contribution is -2.51. The zero-order valence-corrected chi connectivity index (χ0v) is 12.0. The number of hydrogen-bond acceptors (Lipinski definition) is 4. The van der Waals surface area contributed by atoms with Crippen LogP contribution in [-0.4, -0.2) is 44.3 Å². The van der Waals surface area contributed by atoms with Crippen molar-refractivity contribution in [1.82, 2.24) is 9.62 Å². The maximum Gasteiger partial charge on any atom is 0.243 e. The summed E-state index contributed by atoms with van der Waals surface area (Å²) >= 11 is 0. The summed E-state index contributed by atoms with van der Waals surface area (Å²) in [5, 5.41) is 5.93.